The van der Waals surface area contributed by atoms with Crippen molar-refractivity contribution in [3.05, 3.63) is 35.6 Å². The Morgan fingerprint density at radius 3 is 2.50 bits per heavy atom. The van der Waals surface area contributed by atoms with Crippen molar-refractivity contribution in [1.82, 2.24) is 10.2 Å². The SMILES string of the molecule is CC(=O)N1CCC[C@@](O)(C(=O)NCC2(c3ccc(F)cc3)CC2)C1. The highest BCUT2D eigenvalue weighted by molar-refractivity contribution is 5.86. The standard InChI is InChI=1S/C18H23FN2O3/c1-13(22)21-10-2-7-18(24,12-21)16(23)20-11-17(8-9-17)14-3-5-15(19)6-4-14/h3-6,24H,2,7-12H2,1H3,(H,20,23)/t18-/m0/s1. The number of halogens is 1. The van der Waals surface area contributed by atoms with Crippen LogP contribution in [-0.2, 0) is 15.0 Å². The van der Waals surface area contributed by atoms with E-state index in [4.69, 9.17) is 0 Å². The van der Waals surface area contributed by atoms with Crippen LogP contribution in [0.5, 0.6) is 0 Å². The van der Waals surface area contributed by atoms with Gasteiger partial charge in [0.15, 0.2) is 5.60 Å². The maximum atomic E-state index is 13.1. The van der Waals surface area contributed by atoms with Gasteiger partial charge in [0.1, 0.15) is 5.82 Å². The number of rotatable bonds is 4. The van der Waals surface area contributed by atoms with E-state index in [1.165, 1.54) is 24.0 Å². The third-order valence-electron chi connectivity index (χ3n) is 5.24. The number of carbonyl (C=O) groups excluding carboxylic acids is 2. The first kappa shape index (κ1) is 16.9. The van der Waals surface area contributed by atoms with Crippen LogP contribution in [0.1, 0.15) is 38.2 Å². The lowest BCUT2D eigenvalue weighted by Crippen LogP contribution is -2.58. The smallest absolute Gasteiger partial charge is 0.253 e. The molecule has 2 amide bonds. The van der Waals surface area contributed by atoms with Gasteiger partial charge in [0.05, 0.1) is 6.54 Å². The minimum atomic E-state index is -1.53. The van der Waals surface area contributed by atoms with E-state index < -0.39 is 11.5 Å². The van der Waals surface area contributed by atoms with Crippen molar-refractivity contribution in [2.75, 3.05) is 19.6 Å². The Hall–Kier alpha value is -1.95. The first-order valence-corrected chi connectivity index (χ1v) is 8.37. The molecular formula is C18H23FN2O3. The fourth-order valence-corrected chi connectivity index (χ4v) is 3.43. The van der Waals surface area contributed by atoms with E-state index in [0.29, 0.717) is 25.9 Å². The van der Waals surface area contributed by atoms with Crippen LogP contribution >= 0.6 is 0 Å². The zero-order valence-corrected chi connectivity index (χ0v) is 13.8. The van der Waals surface area contributed by atoms with Crippen LogP contribution in [0.3, 0.4) is 0 Å². The number of nitrogens with one attached hydrogen (secondary N) is 1. The lowest BCUT2D eigenvalue weighted by Gasteiger charge is -2.37. The number of hydrogen-bond acceptors (Lipinski definition) is 3. The highest BCUT2D eigenvalue weighted by Crippen LogP contribution is 2.47. The summed E-state index contributed by atoms with van der Waals surface area (Å²) in [7, 11) is 0. The number of β-amino-alcohol motifs (C(OH)–C–C–N with tert-alkyl or cyclic N) is 1. The molecule has 2 N–H and O–H groups in total. The summed E-state index contributed by atoms with van der Waals surface area (Å²) in [6.45, 7) is 2.47. The largest absolute Gasteiger partial charge is 0.378 e. The molecule has 1 aromatic rings. The predicted octanol–water partition coefficient (Wildman–Crippen LogP) is 1.35. The zero-order valence-electron chi connectivity index (χ0n) is 13.8. The molecule has 1 saturated carbocycles. The minimum Gasteiger partial charge on any atom is -0.378 e. The average molecular weight is 334 g/mol. The molecule has 130 valence electrons. The second-order valence-corrected chi connectivity index (χ2v) is 7.05. The number of hydrogen-bond donors (Lipinski definition) is 2. The highest BCUT2D eigenvalue weighted by atomic mass is 19.1. The van der Waals surface area contributed by atoms with Crippen LogP contribution < -0.4 is 5.32 Å². The molecule has 1 heterocycles. The van der Waals surface area contributed by atoms with E-state index in [9.17, 15) is 19.1 Å². The van der Waals surface area contributed by atoms with Crippen LogP contribution in [0.25, 0.3) is 0 Å². The van der Waals surface area contributed by atoms with Gasteiger partial charge in [0.25, 0.3) is 5.91 Å². The molecule has 1 aliphatic heterocycles. The molecule has 1 saturated heterocycles. The molecule has 24 heavy (non-hydrogen) atoms. The number of nitrogens with zero attached hydrogens (tertiary/aromatic N) is 1. The molecule has 1 aromatic carbocycles. The summed E-state index contributed by atoms with van der Waals surface area (Å²) in [6, 6.07) is 6.36. The third kappa shape index (κ3) is 3.29. The maximum Gasteiger partial charge on any atom is 0.253 e. The second kappa shape index (κ2) is 6.16. The quantitative estimate of drug-likeness (QED) is 0.873. The Bertz CT molecular complexity index is 642. The molecular weight excluding hydrogens is 311 g/mol. The lowest BCUT2D eigenvalue weighted by molar-refractivity contribution is -0.150. The molecule has 2 fully saturated rings. The number of carbonyl (C=O) groups is 2. The molecule has 3 rings (SSSR count). The van der Waals surface area contributed by atoms with Gasteiger partial charge in [-0.25, -0.2) is 4.39 Å². The van der Waals surface area contributed by atoms with Crippen LogP contribution in [-0.4, -0.2) is 47.1 Å². The Morgan fingerprint density at radius 1 is 1.25 bits per heavy atom. The summed E-state index contributed by atoms with van der Waals surface area (Å²) in [5.41, 5.74) is -0.678. The van der Waals surface area contributed by atoms with Crippen molar-refractivity contribution in [2.24, 2.45) is 0 Å². The Balaban J connectivity index is 1.63. The highest BCUT2D eigenvalue weighted by Gasteiger charge is 2.46. The van der Waals surface area contributed by atoms with Gasteiger partial charge in [-0.3, -0.25) is 9.59 Å². The summed E-state index contributed by atoms with van der Waals surface area (Å²) in [5, 5.41) is 13.5. The van der Waals surface area contributed by atoms with Crippen LogP contribution in [0.15, 0.2) is 24.3 Å². The molecule has 0 radical (unpaired) electrons. The molecule has 1 atom stereocenters. The second-order valence-electron chi connectivity index (χ2n) is 7.05. The van der Waals surface area contributed by atoms with Crippen molar-refractivity contribution in [1.29, 1.82) is 0 Å². The van der Waals surface area contributed by atoms with Crippen molar-refractivity contribution in [2.45, 2.75) is 43.6 Å². The maximum absolute atomic E-state index is 13.1. The predicted molar refractivity (Wildman–Crippen MR) is 86.8 cm³/mol. The minimum absolute atomic E-state index is 0.0394. The van der Waals surface area contributed by atoms with E-state index >= 15 is 0 Å². The van der Waals surface area contributed by atoms with Crippen molar-refractivity contribution >= 4 is 11.8 Å². The van der Waals surface area contributed by atoms with Crippen molar-refractivity contribution < 1.29 is 19.1 Å². The third-order valence-corrected chi connectivity index (χ3v) is 5.24. The van der Waals surface area contributed by atoms with Gasteiger partial charge in [0, 0.05) is 25.4 Å². The normalized spacial score (nSPS) is 25.2. The van der Waals surface area contributed by atoms with Gasteiger partial charge in [-0.05, 0) is 43.4 Å². The lowest BCUT2D eigenvalue weighted by atomic mass is 9.90. The molecule has 0 bridgehead atoms. The number of likely N-dealkylation sites (tertiary alicyclic amines) is 1. The van der Waals surface area contributed by atoms with Crippen molar-refractivity contribution in [3.63, 3.8) is 0 Å². The monoisotopic (exact) mass is 334 g/mol. The molecule has 1 aliphatic carbocycles. The molecule has 0 spiro atoms. The van der Waals surface area contributed by atoms with E-state index in [1.54, 1.807) is 12.1 Å². The number of amides is 2. The average Bonchev–Trinajstić information content (AvgIpc) is 3.34. The van der Waals surface area contributed by atoms with Crippen LogP contribution in [0.4, 0.5) is 4.39 Å². The van der Waals surface area contributed by atoms with Crippen LogP contribution in [0.2, 0.25) is 0 Å². The fraction of sp³-hybridized carbons (Fsp3) is 0.556. The van der Waals surface area contributed by atoms with Gasteiger partial charge >= 0.3 is 0 Å². The summed E-state index contributed by atoms with van der Waals surface area (Å²) < 4.78 is 13.1. The fourth-order valence-electron chi connectivity index (χ4n) is 3.43. The summed E-state index contributed by atoms with van der Waals surface area (Å²) in [4.78, 5) is 25.5. The number of piperidine rings is 1. The number of aliphatic hydroxyl groups is 1. The topological polar surface area (TPSA) is 69.6 Å². The molecule has 0 aromatic heterocycles. The summed E-state index contributed by atoms with van der Waals surface area (Å²) in [6.07, 6.45) is 2.81. The summed E-state index contributed by atoms with van der Waals surface area (Å²) >= 11 is 0. The first-order valence-electron chi connectivity index (χ1n) is 8.37. The van der Waals surface area contributed by atoms with Gasteiger partial charge < -0.3 is 15.3 Å². The van der Waals surface area contributed by atoms with Gasteiger partial charge in [-0.15, -0.1) is 0 Å². The van der Waals surface area contributed by atoms with Gasteiger partial charge in [0.2, 0.25) is 5.91 Å². The Kier molecular flexibility index (Phi) is 4.34. The van der Waals surface area contributed by atoms with E-state index in [-0.39, 0.29) is 23.7 Å². The molecule has 0 unspecified atom stereocenters. The van der Waals surface area contributed by atoms with Gasteiger partial charge in [-0.1, -0.05) is 12.1 Å². The van der Waals surface area contributed by atoms with Gasteiger partial charge in [-0.2, -0.15) is 0 Å². The first-order chi connectivity index (χ1) is 11.3. The summed E-state index contributed by atoms with van der Waals surface area (Å²) in [5.74, 6) is -0.841. The Labute approximate surface area is 140 Å². The zero-order chi connectivity index (χ0) is 17.4. The van der Waals surface area contributed by atoms with E-state index in [2.05, 4.69) is 5.32 Å². The molecule has 5 nitrogen and oxygen atoms in total. The molecule has 6 heteroatoms. The van der Waals surface area contributed by atoms with E-state index in [0.717, 1.165) is 18.4 Å². The Morgan fingerprint density at radius 2 is 1.92 bits per heavy atom. The molecule has 2 aliphatic rings. The van der Waals surface area contributed by atoms with Crippen molar-refractivity contribution in [3.8, 4) is 0 Å². The van der Waals surface area contributed by atoms with E-state index in [1.807, 2.05) is 0 Å². The number of benzene rings is 1. The van der Waals surface area contributed by atoms with Crippen LogP contribution in [0, 0.1) is 5.82 Å².